The Hall–Kier alpha value is -1.18. The minimum Gasteiger partial charge on any atom is -0.497 e. The van der Waals surface area contributed by atoms with Gasteiger partial charge in [-0.2, -0.15) is 0 Å². The molecule has 0 unspecified atom stereocenters. The third-order valence-corrected chi connectivity index (χ3v) is 2.94. The topological polar surface area (TPSA) is 12.5 Å². The van der Waals surface area contributed by atoms with Crippen molar-refractivity contribution in [3.63, 3.8) is 0 Å². The molecule has 1 heterocycles. The second-order valence-electron chi connectivity index (χ2n) is 3.89. The zero-order valence-electron chi connectivity index (χ0n) is 8.86. The van der Waals surface area contributed by atoms with Crippen molar-refractivity contribution in [2.45, 2.75) is 25.8 Å². The molecule has 1 aliphatic rings. The van der Waals surface area contributed by atoms with Gasteiger partial charge in [0.25, 0.3) is 0 Å². The zero-order valence-corrected chi connectivity index (χ0v) is 8.86. The number of ether oxygens (including phenoxy) is 1. The average Bonchev–Trinajstić information content (AvgIpc) is 2.65. The Labute approximate surface area is 85.5 Å². The van der Waals surface area contributed by atoms with E-state index in [1.54, 1.807) is 7.11 Å². The minimum atomic E-state index is 0.669. The number of nitrogens with zero attached hydrogens (tertiary/aromatic N) is 1. The maximum Gasteiger partial charge on any atom is 0.120 e. The van der Waals surface area contributed by atoms with Crippen molar-refractivity contribution in [1.82, 2.24) is 0 Å². The maximum absolute atomic E-state index is 5.22. The molecule has 14 heavy (non-hydrogen) atoms. The predicted molar refractivity (Wildman–Crippen MR) is 59.0 cm³/mol. The number of hydrogen-bond donors (Lipinski definition) is 0. The fourth-order valence-electron chi connectivity index (χ4n) is 2.11. The van der Waals surface area contributed by atoms with Gasteiger partial charge in [-0.25, -0.2) is 0 Å². The molecule has 2 rings (SSSR count). The molecule has 0 amide bonds. The molecule has 0 aliphatic carbocycles. The molecule has 0 radical (unpaired) electrons. The highest BCUT2D eigenvalue weighted by atomic mass is 16.5. The number of benzene rings is 1. The van der Waals surface area contributed by atoms with E-state index in [1.165, 1.54) is 25.1 Å². The van der Waals surface area contributed by atoms with E-state index in [4.69, 9.17) is 4.74 Å². The molecule has 0 aromatic heterocycles. The Balaban J connectivity index is 2.22. The summed E-state index contributed by atoms with van der Waals surface area (Å²) in [5.41, 5.74) is 1.29. The minimum absolute atomic E-state index is 0.669. The summed E-state index contributed by atoms with van der Waals surface area (Å²) in [6.45, 7) is 3.46. The van der Waals surface area contributed by atoms with E-state index in [-0.39, 0.29) is 0 Å². The van der Waals surface area contributed by atoms with Gasteiger partial charge in [-0.05, 0) is 31.9 Å². The van der Waals surface area contributed by atoms with Gasteiger partial charge in [-0.3, -0.25) is 0 Å². The van der Waals surface area contributed by atoms with E-state index in [0.717, 1.165) is 5.75 Å². The summed E-state index contributed by atoms with van der Waals surface area (Å²) in [5, 5.41) is 0. The van der Waals surface area contributed by atoms with Crippen LogP contribution < -0.4 is 9.64 Å². The summed E-state index contributed by atoms with van der Waals surface area (Å²) >= 11 is 0. The Morgan fingerprint density at radius 2 is 2.29 bits per heavy atom. The first-order valence-electron chi connectivity index (χ1n) is 5.22. The van der Waals surface area contributed by atoms with Gasteiger partial charge < -0.3 is 9.64 Å². The molecule has 1 fully saturated rings. The van der Waals surface area contributed by atoms with Crippen LogP contribution in [0.1, 0.15) is 19.8 Å². The summed E-state index contributed by atoms with van der Waals surface area (Å²) < 4.78 is 5.22. The number of anilines is 1. The van der Waals surface area contributed by atoms with Gasteiger partial charge in [0.15, 0.2) is 0 Å². The first-order chi connectivity index (χ1) is 6.81. The highest BCUT2D eigenvalue weighted by molar-refractivity contribution is 5.52. The van der Waals surface area contributed by atoms with Gasteiger partial charge >= 0.3 is 0 Å². The molecule has 1 aromatic carbocycles. The first-order valence-corrected chi connectivity index (χ1v) is 5.22. The predicted octanol–water partition coefficient (Wildman–Crippen LogP) is 2.68. The molecular formula is C12H17NO. The van der Waals surface area contributed by atoms with E-state index in [0.29, 0.717) is 6.04 Å². The smallest absolute Gasteiger partial charge is 0.120 e. The summed E-state index contributed by atoms with van der Waals surface area (Å²) in [6, 6.07) is 8.98. The van der Waals surface area contributed by atoms with Crippen LogP contribution in [0.2, 0.25) is 0 Å². The average molecular weight is 191 g/mol. The van der Waals surface area contributed by atoms with Crippen molar-refractivity contribution in [3.8, 4) is 5.75 Å². The van der Waals surface area contributed by atoms with Crippen molar-refractivity contribution in [2.75, 3.05) is 18.6 Å². The van der Waals surface area contributed by atoms with Crippen LogP contribution in [0, 0.1) is 0 Å². The van der Waals surface area contributed by atoms with Crippen LogP contribution in [0.5, 0.6) is 5.75 Å². The number of methoxy groups -OCH3 is 1. The van der Waals surface area contributed by atoms with E-state index in [1.807, 2.05) is 6.07 Å². The highest BCUT2D eigenvalue weighted by Gasteiger charge is 2.20. The summed E-state index contributed by atoms with van der Waals surface area (Å²) in [6.07, 6.45) is 2.61. The number of rotatable bonds is 2. The van der Waals surface area contributed by atoms with Crippen LogP contribution in [0.25, 0.3) is 0 Å². The molecule has 1 atom stereocenters. The van der Waals surface area contributed by atoms with Gasteiger partial charge in [0.1, 0.15) is 5.75 Å². The largest absolute Gasteiger partial charge is 0.497 e. The Morgan fingerprint density at radius 3 is 2.93 bits per heavy atom. The van der Waals surface area contributed by atoms with Gasteiger partial charge in [-0.1, -0.05) is 6.07 Å². The third kappa shape index (κ3) is 1.69. The van der Waals surface area contributed by atoms with Gasteiger partial charge in [0.2, 0.25) is 0 Å². The Kier molecular flexibility index (Phi) is 2.62. The fourth-order valence-corrected chi connectivity index (χ4v) is 2.11. The van der Waals surface area contributed by atoms with Crippen molar-refractivity contribution < 1.29 is 4.74 Å². The molecule has 2 nitrogen and oxygen atoms in total. The molecule has 0 bridgehead atoms. The van der Waals surface area contributed by atoms with Crippen molar-refractivity contribution in [3.05, 3.63) is 24.3 Å². The second-order valence-corrected chi connectivity index (χ2v) is 3.89. The normalized spacial score (nSPS) is 21.3. The lowest BCUT2D eigenvalue weighted by molar-refractivity contribution is 0.414. The fraction of sp³-hybridized carbons (Fsp3) is 0.500. The summed E-state index contributed by atoms with van der Waals surface area (Å²) in [5.74, 6) is 0.946. The lowest BCUT2D eigenvalue weighted by Crippen LogP contribution is -2.25. The molecule has 0 N–H and O–H groups in total. The van der Waals surface area contributed by atoms with Gasteiger partial charge in [0.05, 0.1) is 7.11 Å². The molecular weight excluding hydrogens is 174 g/mol. The molecule has 1 aliphatic heterocycles. The quantitative estimate of drug-likeness (QED) is 0.712. The van der Waals surface area contributed by atoms with Crippen molar-refractivity contribution in [1.29, 1.82) is 0 Å². The van der Waals surface area contributed by atoms with Crippen LogP contribution >= 0.6 is 0 Å². The molecule has 0 saturated carbocycles. The van der Waals surface area contributed by atoms with Crippen molar-refractivity contribution >= 4 is 5.69 Å². The van der Waals surface area contributed by atoms with E-state index < -0.39 is 0 Å². The Morgan fingerprint density at radius 1 is 1.43 bits per heavy atom. The lowest BCUT2D eigenvalue weighted by atomic mass is 10.2. The van der Waals surface area contributed by atoms with Crippen molar-refractivity contribution in [2.24, 2.45) is 0 Å². The number of hydrogen-bond acceptors (Lipinski definition) is 2. The lowest BCUT2D eigenvalue weighted by Gasteiger charge is -2.24. The van der Waals surface area contributed by atoms with E-state index in [9.17, 15) is 0 Å². The Bertz CT molecular complexity index is 311. The molecule has 2 heteroatoms. The first kappa shape index (κ1) is 9.38. The molecule has 1 aromatic rings. The maximum atomic E-state index is 5.22. The monoisotopic (exact) mass is 191 g/mol. The summed E-state index contributed by atoms with van der Waals surface area (Å²) in [7, 11) is 1.71. The zero-order chi connectivity index (χ0) is 9.97. The van der Waals surface area contributed by atoms with Crippen LogP contribution in [0.15, 0.2) is 24.3 Å². The van der Waals surface area contributed by atoms with Crippen LogP contribution in [-0.2, 0) is 0 Å². The van der Waals surface area contributed by atoms with Crippen LogP contribution in [0.4, 0.5) is 5.69 Å². The second kappa shape index (κ2) is 3.91. The van der Waals surface area contributed by atoms with Gasteiger partial charge in [0, 0.05) is 24.3 Å². The van der Waals surface area contributed by atoms with Gasteiger partial charge in [-0.15, -0.1) is 0 Å². The summed E-state index contributed by atoms with van der Waals surface area (Å²) in [4.78, 5) is 2.45. The molecule has 0 spiro atoms. The highest BCUT2D eigenvalue weighted by Crippen LogP contribution is 2.27. The molecule has 1 saturated heterocycles. The van der Waals surface area contributed by atoms with Crippen LogP contribution in [0.3, 0.4) is 0 Å². The van der Waals surface area contributed by atoms with E-state index in [2.05, 4.69) is 30.0 Å². The van der Waals surface area contributed by atoms with Crippen LogP contribution in [-0.4, -0.2) is 19.7 Å². The third-order valence-electron chi connectivity index (χ3n) is 2.94. The standard InChI is InChI=1S/C12H17NO/c1-10-5-4-8-13(10)11-6-3-7-12(9-11)14-2/h3,6-7,9-10H,4-5,8H2,1-2H3/t10-/m1/s1. The van der Waals surface area contributed by atoms with E-state index >= 15 is 0 Å². The SMILES string of the molecule is COc1cccc(N2CCC[C@H]2C)c1. The molecule has 76 valence electrons.